The predicted octanol–water partition coefficient (Wildman–Crippen LogP) is 5.66. The lowest BCUT2D eigenvalue weighted by Gasteiger charge is -2.27. The summed E-state index contributed by atoms with van der Waals surface area (Å²) in [5.74, 6) is 1.09. The third-order valence-electron chi connectivity index (χ3n) is 7.92. The van der Waals surface area contributed by atoms with Gasteiger partial charge in [-0.2, -0.15) is 0 Å². The number of methoxy groups -OCH3 is 1. The molecule has 1 amide bonds. The van der Waals surface area contributed by atoms with Gasteiger partial charge in [-0.3, -0.25) is 9.78 Å². The molecule has 0 spiro atoms. The molecular weight excluding hydrogens is 462 g/mol. The number of carbonyl (C=O) groups excluding carboxylic acids is 1. The molecular formula is C31H33N3O3. The normalized spacial score (nSPS) is 23.2. The molecule has 37 heavy (non-hydrogen) atoms. The number of nitrogens with zero attached hydrogens (tertiary/aromatic N) is 2. The minimum absolute atomic E-state index is 0.00465. The molecule has 1 aliphatic heterocycles. The lowest BCUT2D eigenvalue weighted by molar-refractivity contribution is 0.0939. The molecule has 190 valence electrons. The first-order chi connectivity index (χ1) is 18.2. The Morgan fingerprint density at radius 2 is 1.84 bits per heavy atom. The zero-order valence-electron chi connectivity index (χ0n) is 21.2. The molecule has 2 aliphatic rings. The summed E-state index contributed by atoms with van der Waals surface area (Å²) in [5.41, 5.74) is 4.87. The van der Waals surface area contributed by atoms with Crippen LogP contribution in [-0.2, 0) is 16.0 Å². The highest BCUT2D eigenvalue weighted by atomic mass is 16.8. The number of amides is 1. The fraction of sp³-hybridized carbons (Fsp3) is 0.355. The largest absolute Gasteiger partial charge is 0.353 e. The number of hydrogen-bond acceptors (Lipinski definition) is 4. The van der Waals surface area contributed by atoms with Crippen molar-refractivity contribution in [3.8, 4) is 11.1 Å². The molecule has 2 fully saturated rings. The summed E-state index contributed by atoms with van der Waals surface area (Å²) < 4.78 is 13.0. The summed E-state index contributed by atoms with van der Waals surface area (Å²) in [6.07, 6.45) is 8.74. The molecule has 2 aromatic heterocycles. The molecule has 1 aliphatic carbocycles. The Bertz CT molecular complexity index is 1360. The van der Waals surface area contributed by atoms with Crippen LogP contribution in [-0.4, -0.2) is 41.5 Å². The van der Waals surface area contributed by atoms with Crippen molar-refractivity contribution in [2.24, 2.45) is 11.8 Å². The number of aromatic nitrogens is 2. The molecule has 1 saturated heterocycles. The Labute approximate surface area is 217 Å². The van der Waals surface area contributed by atoms with Gasteiger partial charge < -0.3 is 19.4 Å². The van der Waals surface area contributed by atoms with Crippen LogP contribution in [0.3, 0.4) is 0 Å². The first-order valence-corrected chi connectivity index (χ1v) is 13.2. The van der Waals surface area contributed by atoms with Crippen LogP contribution in [0.15, 0.2) is 79.1 Å². The number of rotatable bonds is 8. The van der Waals surface area contributed by atoms with Gasteiger partial charge in [0, 0.05) is 37.0 Å². The van der Waals surface area contributed by atoms with E-state index in [4.69, 9.17) is 14.5 Å². The number of hydrogen-bond donors (Lipinski definition) is 1. The monoisotopic (exact) mass is 495 g/mol. The third-order valence-corrected chi connectivity index (χ3v) is 7.92. The molecule has 6 nitrogen and oxygen atoms in total. The predicted molar refractivity (Wildman–Crippen MR) is 144 cm³/mol. The van der Waals surface area contributed by atoms with E-state index >= 15 is 0 Å². The van der Waals surface area contributed by atoms with E-state index in [0.29, 0.717) is 30.5 Å². The molecule has 6 rings (SSSR count). The van der Waals surface area contributed by atoms with Crippen LogP contribution in [0.1, 0.15) is 41.7 Å². The molecule has 4 aromatic rings. The quantitative estimate of drug-likeness (QED) is 0.320. The van der Waals surface area contributed by atoms with Crippen molar-refractivity contribution in [2.75, 3.05) is 13.7 Å². The Morgan fingerprint density at radius 3 is 2.57 bits per heavy atom. The highest BCUT2D eigenvalue weighted by Gasteiger charge is 2.46. The molecule has 2 atom stereocenters. The number of ether oxygens (including phenoxy) is 2. The second-order valence-corrected chi connectivity index (χ2v) is 10.3. The van der Waals surface area contributed by atoms with E-state index < -0.39 is 0 Å². The third kappa shape index (κ3) is 5.17. The van der Waals surface area contributed by atoms with Crippen molar-refractivity contribution in [2.45, 2.75) is 44.6 Å². The SMILES string of the molecule is COC1OC1C1CCC(CNC(=O)c2cccc3ccn(Cc4ccc(-c5ccccc5)cn4)c23)CC1. The van der Waals surface area contributed by atoms with Crippen LogP contribution in [0, 0.1) is 11.8 Å². The van der Waals surface area contributed by atoms with Crippen LogP contribution >= 0.6 is 0 Å². The van der Waals surface area contributed by atoms with Gasteiger partial charge in [0.25, 0.3) is 5.91 Å². The number of para-hydroxylation sites is 1. The van der Waals surface area contributed by atoms with Gasteiger partial charge in [0.1, 0.15) is 6.10 Å². The minimum atomic E-state index is -0.00923. The molecule has 0 radical (unpaired) electrons. The number of epoxide rings is 1. The molecule has 2 unspecified atom stereocenters. The Morgan fingerprint density at radius 1 is 1.00 bits per heavy atom. The van der Waals surface area contributed by atoms with E-state index in [1.54, 1.807) is 7.11 Å². The van der Waals surface area contributed by atoms with Gasteiger partial charge in [-0.25, -0.2) is 0 Å². The van der Waals surface area contributed by atoms with Gasteiger partial charge in [-0.05, 0) is 61.3 Å². The van der Waals surface area contributed by atoms with Crippen molar-refractivity contribution in [3.63, 3.8) is 0 Å². The summed E-state index contributed by atoms with van der Waals surface area (Å²) in [6, 6.07) is 22.4. The van der Waals surface area contributed by atoms with Crippen molar-refractivity contribution in [1.29, 1.82) is 0 Å². The molecule has 6 heteroatoms. The summed E-state index contributed by atoms with van der Waals surface area (Å²) in [7, 11) is 1.71. The number of pyridine rings is 1. The summed E-state index contributed by atoms with van der Waals surface area (Å²) in [4.78, 5) is 18.0. The number of nitrogens with one attached hydrogen (secondary N) is 1. The van der Waals surface area contributed by atoms with E-state index in [9.17, 15) is 4.79 Å². The Balaban J connectivity index is 1.11. The average Bonchev–Trinajstić information content (AvgIpc) is 3.64. The van der Waals surface area contributed by atoms with Gasteiger partial charge in [0.15, 0.2) is 6.29 Å². The van der Waals surface area contributed by atoms with Crippen LogP contribution < -0.4 is 5.32 Å². The maximum Gasteiger partial charge on any atom is 0.253 e. The van der Waals surface area contributed by atoms with E-state index in [1.165, 1.54) is 0 Å². The minimum Gasteiger partial charge on any atom is -0.353 e. The zero-order valence-corrected chi connectivity index (χ0v) is 21.2. The average molecular weight is 496 g/mol. The summed E-state index contributed by atoms with van der Waals surface area (Å²) in [5, 5.41) is 4.28. The van der Waals surface area contributed by atoms with Gasteiger partial charge in [0.05, 0.1) is 23.3 Å². The number of carbonyl (C=O) groups is 1. The van der Waals surface area contributed by atoms with Crippen LogP contribution in [0.5, 0.6) is 0 Å². The maximum atomic E-state index is 13.3. The van der Waals surface area contributed by atoms with Gasteiger partial charge in [0.2, 0.25) is 0 Å². The van der Waals surface area contributed by atoms with E-state index in [-0.39, 0.29) is 18.3 Å². The fourth-order valence-corrected chi connectivity index (χ4v) is 5.76. The second kappa shape index (κ2) is 10.5. The standard InChI is InChI=1S/C31H33N3O3/c1-36-31-29(37-31)24-12-10-21(11-13-24)18-33-30(35)27-9-5-8-23-16-17-34(28(23)27)20-26-15-14-25(19-32-26)22-6-3-2-4-7-22/h2-9,14-17,19,21,24,29,31H,10-13,18,20H2,1H3,(H,33,35). The molecule has 2 aromatic carbocycles. The van der Waals surface area contributed by atoms with E-state index in [1.807, 2.05) is 42.7 Å². The van der Waals surface area contributed by atoms with Crippen molar-refractivity contribution in [3.05, 3.63) is 90.4 Å². The highest BCUT2D eigenvalue weighted by Crippen LogP contribution is 2.40. The van der Waals surface area contributed by atoms with Crippen LogP contribution in [0.4, 0.5) is 0 Å². The zero-order chi connectivity index (χ0) is 25.2. The molecule has 1 saturated carbocycles. The van der Waals surface area contributed by atoms with E-state index in [2.05, 4.69) is 46.3 Å². The van der Waals surface area contributed by atoms with Gasteiger partial charge >= 0.3 is 0 Å². The highest BCUT2D eigenvalue weighted by molar-refractivity contribution is 6.06. The van der Waals surface area contributed by atoms with Gasteiger partial charge in [-0.1, -0.05) is 48.5 Å². The molecule has 0 bridgehead atoms. The van der Waals surface area contributed by atoms with E-state index in [0.717, 1.165) is 53.4 Å². The van der Waals surface area contributed by atoms with Crippen molar-refractivity contribution >= 4 is 16.8 Å². The lowest BCUT2D eigenvalue weighted by atomic mass is 9.80. The van der Waals surface area contributed by atoms with Gasteiger partial charge in [-0.15, -0.1) is 0 Å². The van der Waals surface area contributed by atoms with Crippen molar-refractivity contribution < 1.29 is 14.3 Å². The lowest BCUT2D eigenvalue weighted by Crippen LogP contribution is -2.32. The topological polar surface area (TPSA) is 68.7 Å². The van der Waals surface area contributed by atoms with Crippen molar-refractivity contribution in [1.82, 2.24) is 14.9 Å². The molecule has 1 N–H and O–H groups in total. The fourth-order valence-electron chi connectivity index (χ4n) is 5.76. The first-order valence-electron chi connectivity index (χ1n) is 13.2. The smallest absolute Gasteiger partial charge is 0.253 e. The maximum absolute atomic E-state index is 13.3. The number of fused-ring (bicyclic) bond motifs is 1. The summed E-state index contributed by atoms with van der Waals surface area (Å²) in [6.45, 7) is 1.32. The first kappa shape index (κ1) is 23.9. The summed E-state index contributed by atoms with van der Waals surface area (Å²) >= 11 is 0. The Kier molecular flexibility index (Phi) is 6.77. The van der Waals surface area contributed by atoms with Crippen LogP contribution in [0.2, 0.25) is 0 Å². The van der Waals surface area contributed by atoms with Crippen LogP contribution in [0.25, 0.3) is 22.0 Å². The Hall–Kier alpha value is -3.48. The second-order valence-electron chi connectivity index (χ2n) is 10.3. The number of benzene rings is 2. The molecule has 3 heterocycles.